The molecule has 3 heteroatoms. The van der Waals surface area contributed by atoms with Gasteiger partial charge in [0.2, 0.25) is 0 Å². The summed E-state index contributed by atoms with van der Waals surface area (Å²) in [5, 5.41) is 12.6. The summed E-state index contributed by atoms with van der Waals surface area (Å²) in [6.07, 6.45) is 0.486. The van der Waals surface area contributed by atoms with Crippen LogP contribution >= 0.6 is 15.9 Å². The summed E-state index contributed by atoms with van der Waals surface area (Å²) in [6, 6.07) is 6.03. The number of aliphatic hydroxyl groups is 1. The molecule has 1 atom stereocenters. The maximum atomic E-state index is 9.40. The van der Waals surface area contributed by atoms with Crippen LogP contribution in [0.25, 0.3) is 0 Å². The molecule has 1 aliphatic rings. The van der Waals surface area contributed by atoms with Crippen molar-refractivity contribution in [2.75, 3.05) is 11.9 Å². The number of aliphatic hydroxyl groups excluding tert-OH is 1. The molecule has 0 fully saturated rings. The molecule has 1 aromatic rings. The first-order valence-electron chi connectivity index (χ1n) is 3.96. The zero-order chi connectivity index (χ0) is 8.55. The van der Waals surface area contributed by atoms with Crippen molar-refractivity contribution in [3.05, 3.63) is 28.2 Å². The van der Waals surface area contributed by atoms with Gasteiger partial charge in [0, 0.05) is 23.1 Å². The number of benzene rings is 1. The van der Waals surface area contributed by atoms with Crippen molar-refractivity contribution in [3.8, 4) is 0 Å². The lowest BCUT2D eigenvalue weighted by atomic mass is 10.0. The Morgan fingerprint density at radius 1 is 1.50 bits per heavy atom. The van der Waals surface area contributed by atoms with Crippen LogP contribution in [0.2, 0.25) is 0 Å². The van der Waals surface area contributed by atoms with Gasteiger partial charge in [0.25, 0.3) is 0 Å². The molecule has 12 heavy (non-hydrogen) atoms. The molecule has 1 unspecified atom stereocenters. The molecule has 2 rings (SSSR count). The number of anilines is 1. The Morgan fingerprint density at radius 3 is 3.17 bits per heavy atom. The summed E-state index contributed by atoms with van der Waals surface area (Å²) in [5.41, 5.74) is 2.31. The first-order chi connectivity index (χ1) is 5.77. The third kappa shape index (κ3) is 1.34. The van der Waals surface area contributed by atoms with Crippen LogP contribution in [0.5, 0.6) is 0 Å². The minimum absolute atomic E-state index is 0.254. The quantitative estimate of drug-likeness (QED) is 0.709. The summed E-state index contributed by atoms with van der Waals surface area (Å²) >= 11 is 3.46. The minimum atomic E-state index is -0.254. The maximum absolute atomic E-state index is 9.40. The fourth-order valence-electron chi connectivity index (χ4n) is 1.47. The summed E-state index contributed by atoms with van der Waals surface area (Å²) in [7, 11) is 0. The molecule has 0 aliphatic carbocycles. The molecule has 0 spiro atoms. The van der Waals surface area contributed by atoms with Crippen LogP contribution < -0.4 is 5.32 Å². The van der Waals surface area contributed by atoms with Crippen molar-refractivity contribution >= 4 is 21.6 Å². The van der Waals surface area contributed by atoms with Crippen LogP contribution in [0.1, 0.15) is 5.56 Å². The Kier molecular flexibility index (Phi) is 2.07. The summed E-state index contributed by atoms with van der Waals surface area (Å²) < 4.78 is 1.08. The van der Waals surface area contributed by atoms with E-state index in [9.17, 15) is 5.11 Å². The largest absolute Gasteiger partial charge is 0.391 e. The van der Waals surface area contributed by atoms with Crippen molar-refractivity contribution in [3.63, 3.8) is 0 Å². The lowest BCUT2D eigenvalue weighted by Gasteiger charge is -2.23. The molecule has 1 aromatic carbocycles. The Hall–Kier alpha value is -0.540. The number of halogens is 1. The van der Waals surface area contributed by atoms with Crippen molar-refractivity contribution < 1.29 is 5.11 Å². The van der Waals surface area contributed by atoms with Crippen molar-refractivity contribution in [2.24, 2.45) is 0 Å². The van der Waals surface area contributed by atoms with E-state index in [0.29, 0.717) is 6.54 Å². The second-order valence-corrected chi connectivity index (χ2v) is 3.86. The topological polar surface area (TPSA) is 32.3 Å². The van der Waals surface area contributed by atoms with Gasteiger partial charge in [-0.05, 0) is 17.7 Å². The van der Waals surface area contributed by atoms with Crippen LogP contribution in [0.4, 0.5) is 5.69 Å². The summed E-state index contributed by atoms with van der Waals surface area (Å²) in [5.74, 6) is 0. The second-order valence-electron chi connectivity index (χ2n) is 3.00. The van der Waals surface area contributed by atoms with E-state index in [-0.39, 0.29) is 6.10 Å². The number of β-amino-alcohol motifs (C(OH)–C–C–N with tert-alkyl or cyclic N) is 1. The van der Waals surface area contributed by atoms with Gasteiger partial charge in [-0.3, -0.25) is 0 Å². The van der Waals surface area contributed by atoms with Gasteiger partial charge in [-0.2, -0.15) is 0 Å². The fourth-order valence-corrected chi connectivity index (χ4v) is 2.00. The van der Waals surface area contributed by atoms with Crippen LogP contribution in [-0.4, -0.2) is 17.8 Å². The highest BCUT2D eigenvalue weighted by atomic mass is 79.9. The SMILES string of the molecule is OC1CNc2cccc(Br)c2C1. The van der Waals surface area contributed by atoms with Crippen LogP contribution in [-0.2, 0) is 6.42 Å². The monoisotopic (exact) mass is 227 g/mol. The first-order valence-corrected chi connectivity index (χ1v) is 4.76. The predicted molar refractivity (Wildman–Crippen MR) is 52.3 cm³/mol. The van der Waals surface area contributed by atoms with E-state index in [1.807, 2.05) is 18.2 Å². The van der Waals surface area contributed by atoms with Gasteiger partial charge in [0.05, 0.1) is 6.10 Å². The number of fused-ring (bicyclic) bond motifs is 1. The van der Waals surface area contributed by atoms with E-state index in [1.54, 1.807) is 0 Å². The van der Waals surface area contributed by atoms with Crippen molar-refractivity contribution in [2.45, 2.75) is 12.5 Å². The van der Waals surface area contributed by atoms with Gasteiger partial charge in [0.1, 0.15) is 0 Å². The van der Waals surface area contributed by atoms with Gasteiger partial charge in [-0.25, -0.2) is 0 Å². The number of nitrogens with one attached hydrogen (secondary N) is 1. The van der Waals surface area contributed by atoms with E-state index in [4.69, 9.17) is 0 Å². The van der Waals surface area contributed by atoms with Crippen LogP contribution in [0.15, 0.2) is 22.7 Å². The van der Waals surface area contributed by atoms with Gasteiger partial charge in [-0.15, -0.1) is 0 Å². The molecule has 64 valence electrons. The second kappa shape index (κ2) is 3.07. The first kappa shape index (κ1) is 8.08. The number of hydrogen-bond acceptors (Lipinski definition) is 2. The molecule has 0 radical (unpaired) electrons. The third-order valence-electron chi connectivity index (χ3n) is 2.09. The van der Waals surface area contributed by atoms with Gasteiger partial charge >= 0.3 is 0 Å². The van der Waals surface area contributed by atoms with Crippen molar-refractivity contribution in [1.82, 2.24) is 0 Å². The molecule has 0 bridgehead atoms. The standard InChI is InChI=1S/C9H10BrNO/c10-8-2-1-3-9-7(8)4-6(12)5-11-9/h1-3,6,11-12H,4-5H2. The Labute approximate surface area is 79.7 Å². The number of hydrogen-bond donors (Lipinski definition) is 2. The highest BCUT2D eigenvalue weighted by Crippen LogP contribution is 2.28. The summed E-state index contributed by atoms with van der Waals surface area (Å²) in [6.45, 7) is 0.656. The van der Waals surface area contributed by atoms with E-state index < -0.39 is 0 Å². The lowest BCUT2D eigenvalue weighted by Crippen LogP contribution is -2.27. The van der Waals surface area contributed by atoms with Crippen molar-refractivity contribution in [1.29, 1.82) is 0 Å². The minimum Gasteiger partial charge on any atom is -0.391 e. The maximum Gasteiger partial charge on any atom is 0.0753 e. The molecule has 2 nitrogen and oxygen atoms in total. The zero-order valence-electron chi connectivity index (χ0n) is 6.55. The molecule has 0 saturated carbocycles. The van der Waals surface area contributed by atoms with Gasteiger partial charge in [-0.1, -0.05) is 22.0 Å². The number of rotatable bonds is 0. The normalized spacial score (nSPS) is 21.3. The average Bonchev–Trinajstić information content (AvgIpc) is 2.07. The highest BCUT2D eigenvalue weighted by Gasteiger charge is 2.17. The Morgan fingerprint density at radius 2 is 2.33 bits per heavy atom. The van der Waals surface area contributed by atoms with E-state index in [0.717, 1.165) is 16.6 Å². The molecular formula is C9H10BrNO. The molecule has 1 aliphatic heterocycles. The Bertz CT molecular complexity index is 301. The highest BCUT2D eigenvalue weighted by molar-refractivity contribution is 9.10. The Balaban J connectivity index is 2.43. The van der Waals surface area contributed by atoms with Crippen LogP contribution in [0.3, 0.4) is 0 Å². The molecule has 0 saturated heterocycles. The summed E-state index contributed by atoms with van der Waals surface area (Å²) in [4.78, 5) is 0. The fraction of sp³-hybridized carbons (Fsp3) is 0.333. The molecule has 1 heterocycles. The van der Waals surface area contributed by atoms with Gasteiger partial charge in [0.15, 0.2) is 0 Å². The molecular weight excluding hydrogens is 218 g/mol. The molecule has 2 N–H and O–H groups in total. The zero-order valence-corrected chi connectivity index (χ0v) is 8.13. The van der Waals surface area contributed by atoms with Crippen LogP contribution in [0, 0.1) is 0 Å². The van der Waals surface area contributed by atoms with E-state index >= 15 is 0 Å². The molecule has 0 aromatic heterocycles. The predicted octanol–water partition coefficient (Wildman–Crippen LogP) is 1.78. The lowest BCUT2D eigenvalue weighted by molar-refractivity contribution is 0.184. The molecule has 0 amide bonds. The third-order valence-corrected chi connectivity index (χ3v) is 2.83. The average molecular weight is 228 g/mol. The van der Waals surface area contributed by atoms with E-state index in [1.165, 1.54) is 5.56 Å². The van der Waals surface area contributed by atoms with Gasteiger partial charge < -0.3 is 10.4 Å². The van der Waals surface area contributed by atoms with E-state index in [2.05, 4.69) is 21.2 Å². The smallest absolute Gasteiger partial charge is 0.0753 e.